The SMILES string of the molecule is CCc1cc2c(C[NH2+]CCOc3ccccc3OC)cc(=O)oc2cc1O. The Bertz CT molecular complexity index is 980. The van der Waals surface area contributed by atoms with Gasteiger partial charge in [0.15, 0.2) is 11.5 Å². The quantitative estimate of drug-likeness (QED) is 0.469. The average molecular weight is 370 g/mol. The number of benzene rings is 2. The number of rotatable bonds is 8. The number of ether oxygens (including phenoxy) is 2. The van der Waals surface area contributed by atoms with Gasteiger partial charge in [-0.1, -0.05) is 19.1 Å². The lowest BCUT2D eigenvalue weighted by Crippen LogP contribution is -2.83. The van der Waals surface area contributed by atoms with Crippen molar-refractivity contribution in [3.8, 4) is 17.2 Å². The lowest BCUT2D eigenvalue weighted by molar-refractivity contribution is -0.671. The molecule has 6 nitrogen and oxygen atoms in total. The maximum absolute atomic E-state index is 11.8. The predicted octanol–water partition coefficient (Wildman–Crippen LogP) is 2.21. The van der Waals surface area contributed by atoms with Crippen molar-refractivity contribution in [2.45, 2.75) is 19.9 Å². The fourth-order valence-corrected chi connectivity index (χ4v) is 3.01. The third-order valence-electron chi connectivity index (χ3n) is 4.42. The first-order chi connectivity index (χ1) is 13.1. The minimum Gasteiger partial charge on any atom is -0.508 e. The minimum atomic E-state index is -0.417. The molecule has 0 fully saturated rings. The lowest BCUT2D eigenvalue weighted by Gasteiger charge is -2.10. The number of phenolic OH excluding ortho intramolecular Hbond substituents is 1. The van der Waals surface area contributed by atoms with Gasteiger partial charge in [-0.05, 0) is 30.2 Å². The second-order valence-electron chi connectivity index (χ2n) is 6.20. The van der Waals surface area contributed by atoms with Gasteiger partial charge in [-0.3, -0.25) is 0 Å². The maximum atomic E-state index is 11.8. The Labute approximate surface area is 157 Å². The molecule has 27 heavy (non-hydrogen) atoms. The molecule has 0 spiro atoms. The number of aryl methyl sites for hydroxylation is 1. The third-order valence-corrected chi connectivity index (χ3v) is 4.42. The summed E-state index contributed by atoms with van der Waals surface area (Å²) in [6.45, 7) is 3.82. The number of para-hydroxylation sites is 2. The van der Waals surface area contributed by atoms with Gasteiger partial charge in [-0.2, -0.15) is 0 Å². The zero-order chi connectivity index (χ0) is 19.2. The minimum absolute atomic E-state index is 0.152. The van der Waals surface area contributed by atoms with E-state index in [2.05, 4.69) is 5.32 Å². The molecule has 0 unspecified atom stereocenters. The number of hydrogen-bond acceptors (Lipinski definition) is 5. The van der Waals surface area contributed by atoms with Crippen molar-refractivity contribution in [1.82, 2.24) is 0 Å². The molecule has 3 aromatic rings. The molecular formula is C21H24NO5+. The number of phenols is 1. The van der Waals surface area contributed by atoms with Crippen molar-refractivity contribution in [2.24, 2.45) is 0 Å². The van der Waals surface area contributed by atoms with Crippen molar-refractivity contribution < 1.29 is 24.3 Å². The van der Waals surface area contributed by atoms with E-state index in [0.29, 0.717) is 36.7 Å². The number of fused-ring (bicyclic) bond motifs is 1. The molecule has 142 valence electrons. The van der Waals surface area contributed by atoms with Gasteiger partial charge in [-0.25, -0.2) is 4.79 Å². The van der Waals surface area contributed by atoms with Gasteiger partial charge < -0.3 is 24.3 Å². The van der Waals surface area contributed by atoms with Crippen LogP contribution in [-0.4, -0.2) is 25.4 Å². The van der Waals surface area contributed by atoms with Crippen molar-refractivity contribution in [3.63, 3.8) is 0 Å². The van der Waals surface area contributed by atoms with Gasteiger partial charge in [0.05, 0.1) is 7.11 Å². The highest BCUT2D eigenvalue weighted by Crippen LogP contribution is 2.27. The van der Waals surface area contributed by atoms with Crippen LogP contribution in [0.2, 0.25) is 0 Å². The van der Waals surface area contributed by atoms with Gasteiger partial charge in [0.1, 0.15) is 31.0 Å². The molecule has 2 aromatic carbocycles. The molecule has 0 amide bonds. The third kappa shape index (κ3) is 4.41. The smallest absolute Gasteiger partial charge is 0.336 e. The summed E-state index contributed by atoms with van der Waals surface area (Å²) in [5, 5.41) is 12.9. The van der Waals surface area contributed by atoms with E-state index < -0.39 is 5.63 Å². The molecule has 0 aliphatic rings. The molecule has 6 heteroatoms. The van der Waals surface area contributed by atoms with Crippen LogP contribution >= 0.6 is 0 Å². The van der Waals surface area contributed by atoms with Crippen molar-refractivity contribution in [2.75, 3.05) is 20.3 Å². The summed E-state index contributed by atoms with van der Waals surface area (Å²) >= 11 is 0. The predicted molar refractivity (Wildman–Crippen MR) is 103 cm³/mol. The Balaban J connectivity index is 1.65. The summed E-state index contributed by atoms with van der Waals surface area (Å²) in [4.78, 5) is 11.8. The second-order valence-corrected chi connectivity index (χ2v) is 6.20. The Morgan fingerprint density at radius 3 is 2.63 bits per heavy atom. The molecule has 0 aliphatic carbocycles. The summed E-state index contributed by atoms with van der Waals surface area (Å²) in [5.74, 6) is 1.57. The van der Waals surface area contributed by atoms with E-state index in [4.69, 9.17) is 13.9 Å². The highest BCUT2D eigenvalue weighted by molar-refractivity contribution is 5.82. The topological polar surface area (TPSA) is 85.5 Å². The maximum Gasteiger partial charge on any atom is 0.336 e. The number of nitrogens with two attached hydrogens (primary N) is 1. The van der Waals surface area contributed by atoms with Crippen LogP contribution in [0.1, 0.15) is 18.1 Å². The Kier molecular flexibility index (Phi) is 5.98. The van der Waals surface area contributed by atoms with Crippen molar-refractivity contribution in [1.29, 1.82) is 0 Å². The van der Waals surface area contributed by atoms with E-state index in [1.165, 1.54) is 12.1 Å². The molecule has 0 bridgehead atoms. The van der Waals surface area contributed by atoms with E-state index in [9.17, 15) is 9.90 Å². The first-order valence-electron chi connectivity index (χ1n) is 8.98. The molecule has 0 aliphatic heterocycles. The van der Waals surface area contributed by atoms with Gasteiger partial charge in [0, 0.05) is 23.1 Å². The molecule has 1 heterocycles. The first kappa shape index (κ1) is 18.8. The molecular weight excluding hydrogens is 346 g/mol. The molecule has 3 N–H and O–H groups in total. The lowest BCUT2D eigenvalue weighted by atomic mass is 10.0. The van der Waals surface area contributed by atoms with Crippen LogP contribution in [0.3, 0.4) is 0 Å². The van der Waals surface area contributed by atoms with Crippen molar-refractivity contribution >= 4 is 11.0 Å². The second kappa shape index (κ2) is 8.60. The van der Waals surface area contributed by atoms with E-state index in [0.717, 1.165) is 23.1 Å². The highest BCUT2D eigenvalue weighted by Gasteiger charge is 2.11. The van der Waals surface area contributed by atoms with Gasteiger partial charge in [0.2, 0.25) is 0 Å². The van der Waals surface area contributed by atoms with Crippen LogP contribution in [0.4, 0.5) is 0 Å². The van der Waals surface area contributed by atoms with E-state index in [1.807, 2.05) is 37.3 Å². The van der Waals surface area contributed by atoms with Gasteiger partial charge in [-0.15, -0.1) is 0 Å². The van der Waals surface area contributed by atoms with Crippen LogP contribution in [-0.2, 0) is 13.0 Å². The number of quaternary nitrogens is 1. The van der Waals surface area contributed by atoms with Crippen molar-refractivity contribution in [3.05, 3.63) is 64.0 Å². The summed E-state index contributed by atoms with van der Waals surface area (Å²) in [6.07, 6.45) is 0.705. The van der Waals surface area contributed by atoms with E-state index in [-0.39, 0.29) is 5.75 Å². The van der Waals surface area contributed by atoms with Crippen LogP contribution in [0.5, 0.6) is 17.2 Å². The molecule has 3 rings (SSSR count). The van der Waals surface area contributed by atoms with E-state index in [1.54, 1.807) is 7.11 Å². The number of hydrogen-bond donors (Lipinski definition) is 2. The zero-order valence-electron chi connectivity index (χ0n) is 15.5. The largest absolute Gasteiger partial charge is 0.508 e. The standard InChI is InChI=1S/C21H23NO5/c1-3-14-10-16-15(11-21(24)27-20(16)12-17(14)23)13-22-8-9-26-19-7-5-4-6-18(19)25-2/h4-7,10-12,22-23H,3,8-9,13H2,1-2H3/p+1. The number of methoxy groups -OCH3 is 1. The Morgan fingerprint density at radius 2 is 1.89 bits per heavy atom. The highest BCUT2D eigenvalue weighted by atomic mass is 16.5. The summed E-state index contributed by atoms with van der Waals surface area (Å²) in [6, 6.07) is 12.4. The van der Waals surface area contributed by atoms with Crippen LogP contribution < -0.4 is 20.4 Å². The zero-order valence-corrected chi connectivity index (χ0v) is 15.5. The molecule has 0 radical (unpaired) electrons. The van der Waals surface area contributed by atoms with Gasteiger partial charge >= 0.3 is 5.63 Å². The summed E-state index contributed by atoms with van der Waals surface area (Å²) in [5.41, 5.74) is 1.70. The molecule has 0 atom stereocenters. The first-order valence-corrected chi connectivity index (χ1v) is 8.98. The van der Waals surface area contributed by atoms with E-state index >= 15 is 0 Å². The van der Waals surface area contributed by atoms with Crippen LogP contribution in [0, 0.1) is 0 Å². The molecule has 0 saturated heterocycles. The monoisotopic (exact) mass is 370 g/mol. The van der Waals surface area contributed by atoms with Crippen LogP contribution in [0.15, 0.2) is 51.7 Å². The van der Waals surface area contributed by atoms with Crippen LogP contribution in [0.25, 0.3) is 11.0 Å². The number of aromatic hydroxyl groups is 1. The summed E-state index contributed by atoms with van der Waals surface area (Å²) < 4.78 is 16.2. The normalized spacial score (nSPS) is 10.9. The fraction of sp³-hybridized carbons (Fsp3) is 0.286. The Morgan fingerprint density at radius 1 is 1.11 bits per heavy atom. The molecule has 1 aromatic heterocycles. The average Bonchev–Trinajstić information content (AvgIpc) is 2.67. The summed E-state index contributed by atoms with van der Waals surface area (Å²) in [7, 11) is 1.61. The Hall–Kier alpha value is -2.99. The van der Waals surface area contributed by atoms with Gasteiger partial charge in [0.25, 0.3) is 0 Å². The fourth-order valence-electron chi connectivity index (χ4n) is 3.01. The molecule has 0 saturated carbocycles.